The molecule has 4 heterocycles. The second-order valence-corrected chi connectivity index (χ2v) is 9.05. The highest BCUT2D eigenvalue weighted by molar-refractivity contribution is 7.98. The molecule has 1 aromatic carbocycles. The maximum Gasteiger partial charge on any atom is 0.254 e. The number of thioether (sulfide) groups is 1. The minimum Gasteiger partial charge on any atom is -0.378 e. The summed E-state index contributed by atoms with van der Waals surface area (Å²) >= 11 is 3.14. The lowest BCUT2D eigenvalue weighted by atomic mass is 10.1. The van der Waals surface area contributed by atoms with E-state index in [4.69, 9.17) is 10.00 Å². The molecule has 1 aliphatic heterocycles. The van der Waals surface area contributed by atoms with Crippen molar-refractivity contribution in [3.63, 3.8) is 0 Å². The first kappa shape index (κ1) is 20.7. The van der Waals surface area contributed by atoms with E-state index in [1.807, 2.05) is 51.6 Å². The Morgan fingerprint density at radius 2 is 2.00 bits per heavy atom. The Labute approximate surface area is 193 Å². The summed E-state index contributed by atoms with van der Waals surface area (Å²) in [6, 6.07) is 9.78. The van der Waals surface area contributed by atoms with Crippen LogP contribution in [0.4, 0.5) is 0 Å². The fourth-order valence-electron chi connectivity index (χ4n) is 3.72. The molecule has 1 amide bonds. The van der Waals surface area contributed by atoms with E-state index in [-0.39, 0.29) is 5.91 Å². The Kier molecular flexibility index (Phi) is 5.66. The van der Waals surface area contributed by atoms with Gasteiger partial charge in [-0.2, -0.15) is 5.26 Å². The predicted octanol–water partition coefficient (Wildman–Crippen LogP) is 4.21. The van der Waals surface area contributed by atoms with E-state index in [2.05, 4.69) is 16.0 Å². The lowest BCUT2D eigenvalue weighted by Gasteiger charge is -2.26. The average molecular weight is 462 g/mol. The molecule has 0 unspecified atom stereocenters. The second kappa shape index (κ2) is 8.74. The van der Waals surface area contributed by atoms with Gasteiger partial charge in [0.15, 0.2) is 0 Å². The van der Waals surface area contributed by atoms with E-state index in [1.54, 1.807) is 24.2 Å². The van der Waals surface area contributed by atoms with Crippen molar-refractivity contribution in [1.82, 2.24) is 19.4 Å². The Balaban J connectivity index is 1.52. The summed E-state index contributed by atoms with van der Waals surface area (Å²) in [4.78, 5) is 26.0. The number of morpholine rings is 1. The molecule has 0 saturated carbocycles. The van der Waals surface area contributed by atoms with Crippen LogP contribution in [-0.4, -0.2) is 57.9 Å². The van der Waals surface area contributed by atoms with Crippen molar-refractivity contribution < 1.29 is 9.53 Å². The van der Waals surface area contributed by atoms with Crippen molar-refractivity contribution in [3.8, 4) is 22.5 Å². The number of nitrogens with zero attached hydrogens (tertiary/aromatic N) is 5. The van der Waals surface area contributed by atoms with Crippen molar-refractivity contribution in [1.29, 1.82) is 5.26 Å². The summed E-state index contributed by atoms with van der Waals surface area (Å²) in [7, 11) is 0. The first-order chi connectivity index (χ1) is 15.7. The molecule has 7 nitrogen and oxygen atoms in total. The van der Waals surface area contributed by atoms with Gasteiger partial charge in [0.25, 0.3) is 5.91 Å². The maximum absolute atomic E-state index is 13.0. The summed E-state index contributed by atoms with van der Waals surface area (Å²) in [5, 5.41) is 11.9. The van der Waals surface area contributed by atoms with E-state index in [0.29, 0.717) is 43.4 Å². The molecule has 1 aliphatic rings. The number of rotatable bonds is 4. The molecule has 32 heavy (non-hydrogen) atoms. The quantitative estimate of drug-likeness (QED) is 0.423. The summed E-state index contributed by atoms with van der Waals surface area (Å²) in [6.45, 7) is 2.35. The van der Waals surface area contributed by atoms with Crippen molar-refractivity contribution in [2.24, 2.45) is 0 Å². The standard InChI is InChI=1S/C23H19N5O2S2/c1-31-21-13-28(23-25-11-17(12-26-23)20-8-15(10-24)14-32-20)19-9-16(2-3-18(19)21)22(29)27-4-6-30-7-5-27/h2-3,8-9,11-14H,4-7H2,1H3. The van der Waals surface area contributed by atoms with Crippen LogP contribution in [0.2, 0.25) is 0 Å². The van der Waals surface area contributed by atoms with E-state index in [0.717, 1.165) is 26.2 Å². The van der Waals surface area contributed by atoms with Gasteiger partial charge in [0.05, 0.1) is 24.3 Å². The third-order valence-electron chi connectivity index (χ3n) is 5.40. The number of amides is 1. The van der Waals surface area contributed by atoms with Crippen LogP contribution in [0.3, 0.4) is 0 Å². The minimum atomic E-state index is 0.0101. The van der Waals surface area contributed by atoms with Gasteiger partial charge in [0.1, 0.15) is 6.07 Å². The van der Waals surface area contributed by atoms with E-state index in [1.165, 1.54) is 11.3 Å². The second-order valence-electron chi connectivity index (χ2n) is 7.29. The van der Waals surface area contributed by atoms with Crippen LogP contribution < -0.4 is 0 Å². The van der Waals surface area contributed by atoms with Gasteiger partial charge in [0, 0.05) is 63.3 Å². The third-order valence-corrected chi connectivity index (χ3v) is 7.15. The molecule has 4 aromatic rings. The average Bonchev–Trinajstić information content (AvgIpc) is 3.49. The monoisotopic (exact) mass is 461 g/mol. The Bertz CT molecular complexity index is 1330. The van der Waals surface area contributed by atoms with Crippen molar-refractivity contribution in [3.05, 3.63) is 59.4 Å². The molecule has 0 bridgehead atoms. The zero-order chi connectivity index (χ0) is 22.1. The van der Waals surface area contributed by atoms with Gasteiger partial charge in [-0.25, -0.2) is 9.97 Å². The van der Waals surface area contributed by atoms with Crippen LogP contribution in [0.25, 0.3) is 27.3 Å². The Morgan fingerprint density at radius 3 is 2.69 bits per heavy atom. The van der Waals surface area contributed by atoms with Gasteiger partial charge in [0.2, 0.25) is 5.95 Å². The summed E-state index contributed by atoms with van der Waals surface area (Å²) in [5.74, 6) is 0.544. The highest BCUT2D eigenvalue weighted by Crippen LogP contribution is 2.32. The lowest BCUT2D eigenvalue weighted by molar-refractivity contribution is 0.0303. The van der Waals surface area contributed by atoms with Gasteiger partial charge in [-0.1, -0.05) is 6.07 Å². The van der Waals surface area contributed by atoms with Crippen LogP contribution >= 0.6 is 23.1 Å². The first-order valence-electron chi connectivity index (χ1n) is 10.1. The molecule has 0 atom stereocenters. The molecule has 1 saturated heterocycles. The largest absolute Gasteiger partial charge is 0.378 e. The van der Waals surface area contributed by atoms with Crippen molar-refractivity contribution in [2.45, 2.75) is 4.90 Å². The molecule has 0 spiro atoms. The molecule has 0 radical (unpaired) electrons. The van der Waals surface area contributed by atoms with Crippen LogP contribution in [-0.2, 0) is 4.74 Å². The van der Waals surface area contributed by atoms with Crippen molar-refractivity contribution in [2.75, 3.05) is 32.6 Å². The summed E-state index contributed by atoms with van der Waals surface area (Å²) in [5.41, 5.74) is 3.03. The number of aromatic nitrogens is 3. The number of fused-ring (bicyclic) bond motifs is 1. The molecule has 160 valence electrons. The molecular weight excluding hydrogens is 442 g/mol. The molecular formula is C23H19N5O2S2. The van der Waals surface area contributed by atoms with Crippen LogP contribution in [0.15, 0.2) is 53.1 Å². The number of thiophene rings is 1. The van der Waals surface area contributed by atoms with E-state index in [9.17, 15) is 4.79 Å². The van der Waals surface area contributed by atoms with Crippen LogP contribution in [0.1, 0.15) is 15.9 Å². The zero-order valence-electron chi connectivity index (χ0n) is 17.3. The molecule has 3 aromatic heterocycles. The predicted molar refractivity (Wildman–Crippen MR) is 125 cm³/mol. The first-order valence-corrected chi connectivity index (χ1v) is 12.2. The Morgan fingerprint density at radius 1 is 1.22 bits per heavy atom. The molecule has 0 N–H and O–H groups in total. The number of hydrogen-bond donors (Lipinski definition) is 0. The maximum atomic E-state index is 13.0. The number of hydrogen-bond acceptors (Lipinski definition) is 7. The Hall–Kier alpha value is -3.19. The topological polar surface area (TPSA) is 84.0 Å². The van der Waals surface area contributed by atoms with Crippen LogP contribution in [0.5, 0.6) is 0 Å². The fraction of sp³-hybridized carbons (Fsp3) is 0.217. The highest BCUT2D eigenvalue weighted by atomic mass is 32.2. The normalized spacial score (nSPS) is 13.9. The lowest BCUT2D eigenvalue weighted by Crippen LogP contribution is -2.40. The van der Waals surface area contributed by atoms with Gasteiger partial charge in [-0.3, -0.25) is 9.36 Å². The highest BCUT2D eigenvalue weighted by Gasteiger charge is 2.20. The van der Waals surface area contributed by atoms with Gasteiger partial charge in [-0.05, 0) is 24.5 Å². The van der Waals surface area contributed by atoms with E-state index < -0.39 is 0 Å². The van der Waals surface area contributed by atoms with Gasteiger partial charge in [-0.15, -0.1) is 23.1 Å². The number of nitriles is 1. The third kappa shape index (κ3) is 3.77. The number of benzene rings is 1. The fourth-order valence-corrected chi connectivity index (χ4v) is 5.14. The number of ether oxygens (including phenoxy) is 1. The van der Waals surface area contributed by atoms with Crippen molar-refractivity contribution >= 4 is 39.9 Å². The zero-order valence-corrected chi connectivity index (χ0v) is 18.9. The molecule has 0 aliphatic carbocycles. The smallest absolute Gasteiger partial charge is 0.254 e. The summed E-state index contributed by atoms with van der Waals surface area (Å²) in [6.07, 6.45) is 7.57. The van der Waals surface area contributed by atoms with Crippen LogP contribution in [0, 0.1) is 11.3 Å². The molecule has 5 rings (SSSR count). The summed E-state index contributed by atoms with van der Waals surface area (Å²) < 4.78 is 7.29. The SMILES string of the molecule is CSc1cn(-c2ncc(-c3cc(C#N)cs3)cn2)c2cc(C(=O)N3CCOCC3)ccc12. The number of carbonyl (C=O) groups excluding carboxylic acids is 1. The molecule has 9 heteroatoms. The minimum absolute atomic E-state index is 0.0101. The molecule has 1 fully saturated rings. The number of carbonyl (C=O) groups is 1. The van der Waals surface area contributed by atoms with E-state index >= 15 is 0 Å². The van der Waals surface area contributed by atoms with Gasteiger partial charge < -0.3 is 9.64 Å². The van der Waals surface area contributed by atoms with Gasteiger partial charge >= 0.3 is 0 Å².